The molecule has 2 aliphatic rings. The van der Waals surface area contributed by atoms with Crippen LogP contribution in [0, 0.1) is 0 Å². The molecule has 2 aliphatic heterocycles. The van der Waals surface area contributed by atoms with Crippen molar-refractivity contribution in [3.63, 3.8) is 0 Å². The Morgan fingerprint density at radius 2 is 1.08 bits per heavy atom. The molecule has 10 rings (SSSR count). The highest BCUT2D eigenvalue weighted by molar-refractivity contribution is 15.0. The van der Waals surface area contributed by atoms with Gasteiger partial charge in [-0.1, -0.05) is 57.8 Å². The van der Waals surface area contributed by atoms with E-state index >= 15 is 0 Å². The Morgan fingerprint density at radius 1 is 0.685 bits per heavy atom. The van der Waals surface area contributed by atoms with Gasteiger partial charge >= 0.3 is 0 Å². The van der Waals surface area contributed by atoms with Gasteiger partial charge < -0.3 is 30.7 Å². The molecule has 73 heavy (non-hydrogen) atoms. The predicted molar refractivity (Wildman–Crippen MR) is 321 cm³/mol. The van der Waals surface area contributed by atoms with Crippen LogP contribution in [-0.4, -0.2) is 100 Å². The zero-order chi connectivity index (χ0) is 51.0. The van der Waals surface area contributed by atoms with Crippen LogP contribution in [0.4, 0.5) is 11.6 Å². The second kappa shape index (κ2) is 28.7. The Labute approximate surface area is 470 Å². The number of carbonyl (C=O) groups is 2. The number of anilines is 2. The summed E-state index contributed by atoms with van der Waals surface area (Å²) in [5, 5.41) is 11.3. The summed E-state index contributed by atoms with van der Waals surface area (Å²) >= 11 is 11.9. The Hall–Kier alpha value is -5.60. The fraction of sp³-hybridized carbons (Fsp3) is 0.269. The summed E-state index contributed by atoms with van der Waals surface area (Å²) in [5.41, 5.74) is 18.3. The molecule has 2 atom stereocenters. The van der Waals surface area contributed by atoms with E-state index in [-0.39, 0.29) is 38.8 Å². The topological polar surface area (TPSA) is 198 Å². The van der Waals surface area contributed by atoms with Crippen LogP contribution in [0.15, 0.2) is 135 Å². The lowest BCUT2D eigenvalue weighted by atomic mass is 10.1. The molecule has 16 nitrogen and oxygen atoms in total. The molecule has 0 aliphatic carbocycles. The van der Waals surface area contributed by atoms with Crippen LogP contribution in [0.2, 0.25) is 0 Å². The summed E-state index contributed by atoms with van der Waals surface area (Å²) in [6.45, 7) is 6.18. The summed E-state index contributed by atoms with van der Waals surface area (Å²) < 4.78 is 21.7. The van der Waals surface area contributed by atoms with E-state index in [1.807, 2.05) is 146 Å². The first kappa shape index (κ1) is 56.7. The number of ether oxygens (including phenoxy) is 2. The number of nitrogen functional groups attached to an aromatic ring is 2. The highest BCUT2D eigenvalue weighted by Gasteiger charge is 2.30. The first-order chi connectivity index (χ1) is 35.2. The maximum Gasteiger partial charge on any atom is 0.246 e. The lowest BCUT2D eigenvalue weighted by Gasteiger charge is -2.33. The second-order valence-corrected chi connectivity index (χ2v) is 16.6. The highest BCUT2D eigenvalue weighted by atomic mass is 128. The summed E-state index contributed by atoms with van der Waals surface area (Å²) in [4.78, 5) is 45.7. The lowest BCUT2D eigenvalue weighted by molar-refractivity contribution is -0.132. The third-order valence-electron chi connectivity index (χ3n) is 11.9. The van der Waals surface area contributed by atoms with Gasteiger partial charge in [-0.25, -0.2) is 29.3 Å². The van der Waals surface area contributed by atoms with Crippen molar-refractivity contribution in [2.24, 2.45) is 0 Å². The molecule has 4 aromatic carbocycles. The fourth-order valence-electron chi connectivity index (χ4n) is 8.62. The molecule has 0 unspecified atom stereocenters. The minimum atomic E-state index is -0.0699. The number of para-hydroxylation sites is 2. The van der Waals surface area contributed by atoms with Gasteiger partial charge in [0, 0.05) is 86.8 Å². The number of benzene rings is 4. The number of nitrogens with zero attached hydrogens (tertiary/aromatic N) is 10. The minimum absolute atomic E-state index is 0. The average Bonchev–Trinajstić information content (AvgIpc) is 4.02. The van der Waals surface area contributed by atoms with Crippen molar-refractivity contribution in [3.8, 4) is 45.5 Å². The van der Waals surface area contributed by atoms with Gasteiger partial charge in [0.15, 0.2) is 17.0 Å². The van der Waals surface area contributed by atoms with Crippen molar-refractivity contribution in [2.45, 2.75) is 59.0 Å². The SMILES string of the molecule is C.C.C=CC(=O)N1CCC[C@@H](n2nc(-c3ccc(Oc4ccccc4)cc3)c3c(N)ncnc32)C1.II.Nc1ncnc2c1c(-c1ccc(Oc3ccccc3)cc1)nn2[C@@H]1CCCN(C(=O)CCCl)C1.[3H][B]I. The van der Waals surface area contributed by atoms with E-state index in [9.17, 15) is 9.59 Å². The number of rotatable bonds is 11. The zero-order valence-electron chi connectivity index (χ0n) is 39.4. The molecule has 2 saturated heterocycles. The van der Waals surface area contributed by atoms with Gasteiger partial charge in [-0.05, 0) is 106 Å². The molecule has 4 aromatic heterocycles. The number of amides is 2. The molecule has 21 heteroatoms. The van der Waals surface area contributed by atoms with Crippen LogP contribution in [0.1, 0.15) is 59.0 Å². The van der Waals surface area contributed by atoms with Gasteiger partial charge in [-0.3, -0.25) is 9.59 Å². The molecule has 8 aromatic rings. The molecule has 2 amide bonds. The van der Waals surface area contributed by atoms with Gasteiger partial charge in [0.25, 0.3) is 0 Å². The normalized spacial score (nSPS) is 15.0. The molecular weight excluding hydrogens is 1280 g/mol. The van der Waals surface area contributed by atoms with Crippen molar-refractivity contribution >= 4 is 122 Å². The van der Waals surface area contributed by atoms with E-state index in [2.05, 4.69) is 63.7 Å². The molecule has 0 saturated carbocycles. The first-order valence-corrected chi connectivity index (χ1v) is 30.6. The molecule has 0 spiro atoms. The average molecular weight is 1340 g/mol. The standard InChI is InChI=1S/C25H25ClN6O2.C25H24N6O2.2CH4.BHI.I2/c26-13-12-21(33)31-14-4-5-18(15-31)32-25-22(24(27)28-16-29-25)23(30-32)17-8-10-20(11-9-17)34-19-6-2-1-3-7-19;1-2-21(32)30-14-6-7-18(15-30)31-25-22(24(26)27-16-28-25)23(29-31)17-10-12-20(13-11-17)33-19-8-4-3-5-9-19;;;2*1-2/h1-3,6-11,16,18H,4-5,12-15H2,(H2,27,28,29);2-5,8-13,16,18H,1,6-7,14-15H2,(H2,26,27,28);2*1H4;1H;/t2*18-;;;;/m11..../s1/i;;;;1T;. The Bertz CT molecular complexity index is 3050. The largest absolute Gasteiger partial charge is 0.457 e. The zero-order valence-corrected chi connectivity index (χ0v) is 45.6. The van der Waals surface area contributed by atoms with Gasteiger partial charge in [-0.15, -0.1) is 11.6 Å². The Kier molecular flexibility index (Phi) is 22.3. The molecular formula is C52H58BClI3N12O4. The maximum atomic E-state index is 12.4. The van der Waals surface area contributed by atoms with E-state index < -0.39 is 0 Å². The first-order valence-electron chi connectivity index (χ1n) is 23.1. The molecule has 6 heterocycles. The van der Waals surface area contributed by atoms with Crippen molar-refractivity contribution in [2.75, 3.05) is 43.5 Å². The van der Waals surface area contributed by atoms with Crippen molar-refractivity contribution < 1.29 is 19.1 Å². The number of piperidine rings is 2. The summed E-state index contributed by atoms with van der Waals surface area (Å²) in [6, 6.07) is 34.7. The number of halogens is 4. The predicted octanol–water partition coefficient (Wildman–Crippen LogP) is 12.2. The summed E-state index contributed by atoms with van der Waals surface area (Å²) in [5.74, 6) is 4.07. The van der Waals surface area contributed by atoms with Gasteiger partial charge in [0.05, 0.1) is 22.9 Å². The molecule has 1 radical (unpaired) electrons. The Balaban J connectivity index is 0.000000246. The summed E-state index contributed by atoms with van der Waals surface area (Å²) in [7, 11) is 0. The summed E-state index contributed by atoms with van der Waals surface area (Å²) in [6.07, 6.45) is 8.16. The highest BCUT2D eigenvalue weighted by Crippen LogP contribution is 2.37. The van der Waals surface area contributed by atoms with E-state index in [0.29, 0.717) is 77.0 Å². The van der Waals surface area contributed by atoms with Crippen LogP contribution >= 0.6 is 71.2 Å². The Morgan fingerprint density at radius 3 is 1.49 bits per heavy atom. The monoisotopic (exact) mass is 1340 g/mol. The van der Waals surface area contributed by atoms with Crippen molar-refractivity contribution in [3.05, 3.63) is 135 Å². The van der Waals surface area contributed by atoms with E-state index in [1.165, 1.54) is 24.4 Å². The van der Waals surface area contributed by atoms with Gasteiger partial charge in [0.1, 0.15) is 58.7 Å². The molecule has 2 fully saturated rings. The van der Waals surface area contributed by atoms with Crippen LogP contribution in [0.5, 0.6) is 23.0 Å². The van der Waals surface area contributed by atoms with Crippen LogP contribution in [0.3, 0.4) is 0 Å². The number of aromatic nitrogens is 8. The van der Waals surface area contributed by atoms with Crippen LogP contribution < -0.4 is 20.9 Å². The number of likely N-dealkylation sites (tertiary alicyclic amines) is 2. The van der Waals surface area contributed by atoms with E-state index in [4.69, 9.17) is 44.1 Å². The van der Waals surface area contributed by atoms with E-state index in [0.717, 1.165) is 66.4 Å². The number of hydrogen-bond acceptors (Lipinski definition) is 12. The molecule has 0 bridgehead atoms. The number of carbonyl (C=O) groups excluding carboxylic acids is 2. The van der Waals surface area contributed by atoms with Gasteiger partial charge in [0.2, 0.25) is 11.8 Å². The number of nitrogens with two attached hydrogens (primary N) is 2. The fourth-order valence-corrected chi connectivity index (χ4v) is 8.78. The third-order valence-corrected chi connectivity index (χ3v) is 12.1. The minimum Gasteiger partial charge on any atom is -0.457 e. The van der Waals surface area contributed by atoms with Crippen LogP contribution in [0.25, 0.3) is 44.6 Å². The van der Waals surface area contributed by atoms with Crippen molar-refractivity contribution in [1.82, 2.24) is 49.3 Å². The number of fused-ring (bicyclic) bond motifs is 2. The molecule has 4 N–H and O–H groups in total. The lowest BCUT2D eigenvalue weighted by Crippen LogP contribution is -2.41. The number of hydrogen-bond donors (Lipinski definition) is 2. The van der Waals surface area contributed by atoms with Crippen LogP contribution in [-0.2, 0) is 9.59 Å². The smallest absolute Gasteiger partial charge is 0.246 e. The van der Waals surface area contributed by atoms with Gasteiger partial charge in [-0.2, -0.15) is 32.6 Å². The quantitative estimate of drug-likeness (QED) is 0.0538. The number of alkyl halides is 1. The second-order valence-electron chi connectivity index (χ2n) is 16.2. The van der Waals surface area contributed by atoms with Crippen molar-refractivity contribution in [1.29, 1.82) is 1.34 Å². The molecule has 381 valence electrons. The van der Waals surface area contributed by atoms with E-state index in [1.54, 1.807) is 4.90 Å². The maximum absolute atomic E-state index is 12.4. The third kappa shape index (κ3) is 14.2.